The highest BCUT2D eigenvalue weighted by Gasteiger charge is 2.53. The number of hydrogen-bond donors (Lipinski definition) is 2. The number of hydrogen-bond acceptors (Lipinski definition) is 2. The van der Waals surface area contributed by atoms with Crippen molar-refractivity contribution in [2.24, 2.45) is 5.41 Å². The van der Waals surface area contributed by atoms with Crippen LogP contribution in [-0.4, -0.2) is 22.0 Å². The van der Waals surface area contributed by atoms with Crippen LogP contribution in [0.1, 0.15) is 55.2 Å². The van der Waals surface area contributed by atoms with E-state index in [1.807, 2.05) is 12.1 Å². The van der Waals surface area contributed by atoms with E-state index in [0.717, 1.165) is 55.3 Å². The van der Waals surface area contributed by atoms with E-state index in [4.69, 9.17) is 0 Å². The van der Waals surface area contributed by atoms with Crippen LogP contribution in [0.25, 0.3) is 0 Å². The van der Waals surface area contributed by atoms with Gasteiger partial charge in [0.1, 0.15) is 5.82 Å². The molecular formula is C24H25FN2O3. The van der Waals surface area contributed by atoms with E-state index in [9.17, 15) is 19.1 Å². The minimum absolute atomic E-state index is 0.0698. The van der Waals surface area contributed by atoms with Crippen molar-refractivity contribution in [3.05, 3.63) is 65.0 Å². The molecular weight excluding hydrogens is 383 g/mol. The fourth-order valence-corrected chi connectivity index (χ4v) is 5.56. The quantitative estimate of drug-likeness (QED) is 0.747. The van der Waals surface area contributed by atoms with Gasteiger partial charge in [-0.15, -0.1) is 0 Å². The highest BCUT2D eigenvalue weighted by Crippen LogP contribution is 2.57. The Kier molecular flexibility index (Phi) is 4.34. The van der Waals surface area contributed by atoms with Crippen LogP contribution in [-0.2, 0) is 23.3 Å². The van der Waals surface area contributed by atoms with Gasteiger partial charge in [0.15, 0.2) is 0 Å². The van der Waals surface area contributed by atoms with E-state index in [2.05, 4.69) is 17.4 Å². The second kappa shape index (κ2) is 6.83. The molecule has 3 saturated carbocycles. The number of nitrogens with zero attached hydrogens (tertiary/aromatic N) is 1. The van der Waals surface area contributed by atoms with Crippen LogP contribution in [0.3, 0.4) is 0 Å². The molecule has 2 bridgehead atoms. The number of carbonyl (C=O) groups is 2. The molecule has 6 rings (SSSR count). The van der Waals surface area contributed by atoms with Crippen molar-refractivity contribution in [3.8, 4) is 0 Å². The number of benzene rings is 2. The van der Waals surface area contributed by atoms with Gasteiger partial charge in [-0.3, -0.25) is 4.79 Å². The van der Waals surface area contributed by atoms with Gasteiger partial charge >= 0.3 is 12.0 Å². The summed E-state index contributed by atoms with van der Waals surface area (Å²) in [6.07, 6.45) is 4.97. The van der Waals surface area contributed by atoms with E-state index >= 15 is 0 Å². The third-order valence-corrected chi connectivity index (χ3v) is 7.63. The molecule has 3 fully saturated rings. The zero-order valence-corrected chi connectivity index (χ0v) is 16.8. The molecule has 3 aliphatic carbocycles. The topological polar surface area (TPSA) is 69.6 Å². The molecule has 2 aromatic rings. The van der Waals surface area contributed by atoms with Crippen molar-refractivity contribution >= 4 is 17.7 Å². The Hall–Kier alpha value is -2.89. The number of nitrogens with one attached hydrogen (secondary N) is 1. The summed E-state index contributed by atoms with van der Waals surface area (Å²) in [7, 11) is 0. The van der Waals surface area contributed by atoms with Crippen molar-refractivity contribution in [1.82, 2.24) is 4.90 Å². The van der Waals surface area contributed by atoms with E-state index in [0.29, 0.717) is 13.1 Å². The molecule has 0 saturated heterocycles. The normalized spacial score (nSPS) is 27.0. The molecule has 0 aromatic heterocycles. The second-order valence-corrected chi connectivity index (χ2v) is 9.14. The lowest BCUT2D eigenvalue weighted by Crippen LogP contribution is -2.47. The first kappa shape index (κ1) is 19.1. The molecule has 4 aliphatic rings. The van der Waals surface area contributed by atoms with Gasteiger partial charge in [0, 0.05) is 18.8 Å². The summed E-state index contributed by atoms with van der Waals surface area (Å²) in [5, 5.41) is 12.5. The number of carboxylic acids is 1. The second-order valence-electron chi connectivity index (χ2n) is 9.14. The molecule has 2 amide bonds. The van der Waals surface area contributed by atoms with Crippen LogP contribution in [0.15, 0.2) is 42.5 Å². The van der Waals surface area contributed by atoms with Gasteiger partial charge in [0.05, 0.1) is 5.41 Å². The number of amides is 2. The largest absolute Gasteiger partial charge is 0.481 e. The van der Waals surface area contributed by atoms with Crippen LogP contribution in [0.5, 0.6) is 0 Å². The number of urea groups is 1. The van der Waals surface area contributed by atoms with Gasteiger partial charge in [-0.2, -0.15) is 0 Å². The highest BCUT2D eigenvalue weighted by molar-refractivity contribution is 5.89. The van der Waals surface area contributed by atoms with Crippen molar-refractivity contribution in [2.45, 2.75) is 57.0 Å². The predicted molar refractivity (Wildman–Crippen MR) is 111 cm³/mol. The minimum atomic E-state index is -0.638. The zero-order valence-electron chi connectivity index (χ0n) is 16.8. The van der Waals surface area contributed by atoms with Crippen molar-refractivity contribution in [3.63, 3.8) is 0 Å². The molecule has 30 heavy (non-hydrogen) atoms. The zero-order chi connectivity index (χ0) is 20.9. The number of carboxylic acid groups (broad SMARTS) is 1. The van der Waals surface area contributed by atoms with Gasteiger partial charge < -0.3 is 15.3 Å². The average molecular weight is 408 g/mol. The third-order valence-electron chi connectivity index (χ3n) is 7.63. The summed E-state index contributed by atoms with van der Waals surface area (Å²) in [5.41, 5.74) is 3.36. The van der Waals surface area contributed by atoms with E-state index in [1.54, 1.807) is 11.0 Å². The van der Waals surface area contributed by atoms with Crippen molar-refractivity contribution < 1.29 is 19.1 Å². The van der Waals surface area contributed by atoms with E-state index in [-0.39, 0.29) is 17.3 Å². The summed E-state index contributed by atoms with van der Waals surface area (Å²) in [6, 6.07) is 12.5. The fraction of sp³-hybridized carbons (Fsp3) is 0.417. The summed E-state index contributed by atoms with van der Waals surface area (Å²) >= 11 is 0. The molecule has 1 aliphatic heterocycles. The van der Waals surface area contributed by atoms with E-state index < -0.39 is 11.4 Å². The summed E-state index contributed by atoms with van der Waals surface area (Å²) in [4.78, 5) is 26.0. The van der Waals surface area contributed by atoms with Crippen LogP contribution >= 0.6 is 0 Å². The van der Waals surface area contributed by atoms with Crippen LogP contribution in [0.4, 0.5) is 14.9 Å². The molecule has 0 spiro atoms. The maximum Gasteiger partial charge on any atom is 0.322 e. The van der Waals surface area contributed by atoms with Crippen molar-refractivity contribution in [1.29, 1.82) is 0 Å². The van der Waals surface area contributed by atoms with Gasteiger partial charge in [0.25, 0.3) is 0 Å². The molecule has 0 atom stereocenters. The Labute approximate surface area is 174 Å². The molecule has 6 heteroatoms. The number of halogens is 1. The Morgan fingerprint density at radius 3 is 2.17 bits per heavy atom. The number of rotatable bonds is 3. The lowest BCUT2D eigenvalue weighted by atomic mass is 9.52. The Balaban J connectivity index is 1.24. The molecule has 0 unspecified atom stereocenters. The summed E-state index contributed by atoms with van der Waals surface area (Å²) in [5.74, 6) is -0.919. The van der Waals surface area contributed by atoms with Gasteiger partial charge in [0.2, 0.25) is 0 Å². The standard InChI is InChI=1S/C24H25FN2O3/c25-19-4-1-16-14-27(15-17(16)13-19)22(30)26-20-5-2-18(3-6-20)23-7-10-24(11-8-23,12-9-23)21(28)29/h1-6,13H,7-12,14-15H2,(H,26,30)(H,28,29). The summed E-state index contributed by atoms with van der Waals surface area (Å²) in [6.45, 7) is 0.888. The van der Waals surface area contributed by atoms with Gasteiger partial charge in [-0.05, 0) is 84.9 Å². The number of anilines is 1. The first-order valence-electron chi connectivity index (χ1n) is 10.6. The Bertz CT molecular complexity index is 993. The Morgan fingerprint density at radius 1 is 0.900 bits per heavy atom. The maximum atomic E-state index is 13.4. The lowest BCUT2D eigenvalue weighted by Gasteiger charge is -2.51. The number of fused-ring (bicyclic) bond motifs is 4. The average Bonchev–Trinajstić information content (AvgIpc) is 3.19. The van der Waals surface area contributed by atoms with Gasteiger partial charge in [-0.25, -0.2) is 9.18 Å². The molecule has 0 radical (unpaired) electrons. The van der Waals surface area contributed by atoms with Gasteiger partial charge in [-0.1, -0.05) is 18.2 Å². The van der Waals surface area contributed by atoms with Crippen LogP contribution < -0.4 is 5.32 Å². The predicted octanol–water partition coefficient (Wildman–Crippen LogP) is 5.05. The van der Waals surface area contributed by atoms with Crippen molar-refractivity contribution in [2.75, 3.05) is 5.32 Å². The molecule has 156 valence electrons. The molecule has 1 heterocycles. The number of carbonyl (C=O) groups excluding carboxylic acids is 1. The summed E-state index contributed by atoms with van der Waals surface area (Å²) < 4.78 is 13.4. The van der Waals surface area contributed by atoms with E-state index in [1.165, 1.54) is 17.7 Å². The first-order chi connectivity index (χ1) is 14.4. The maximum absolute atomic E-state index is 13.4. The van der Waals surface area contributed by atoms with Crippen LogP contribution in [0.2, 0.25) is 0 Å². The fourth-order valence-electron chi connectivity index (χ4n) is 5.56. The lowest BCUT2D eigenvalue weighted by molar-refractivity contribution is -0.156. The molecule has 2 aromatic carbocycles. The first-order valence-corrected chi connectivity index (χ1v) is 10.6. The number of aliphatic carboxylic acids is 1. The highest BCUT2D eigenvalue weighted by atomic mass is 19.1. The Morgan fingerprint density at radius 2 is 1.53 bits per heavy atom. The monoisotopic (exact) mass is 408 g/mol. The SMILES string of the molecule is O=C(Nc1ccc(C23CCC(C(=O)O)(CC2)CC3)cc1)N1Cc2ccc(F)cc2C1. The minimum Gasteiger partial charge on any atom is -0.481 e. The third kappa shape index (κ3) is 3.06. The molecule has 5 nitrogen and oxygen atoms in total. The smallest absolute Gasteiger partial charge is 0.322 e. The molecule has 2 N–H and O–H groups in total. The van der Waals surface area contributed by atoms with Crippen LogP contribution in [0, 0.1) is 11.2 Å².